The van der Waals surface area contributed by atoms with E-state index in [0.717, 1.165) is 0 Å². The van der Waals surface area contributed by atoms with Gasteiger partial charge in [0.15, 0.2) is 0 Å². The number of H-pyrrole nitrogens is 1. The molecule has 2 amide bonds. The number of hydrogen-bond acceptors (Lipinski definition) is 4. The highest BCUT2D eigenvalue weighted by atomic mass is 19.1. The fourth-order valence-corrected chi connectivity index (χ4v) is 3.21. The number of alkyl halides is 1. The molecule has 1 aromatic heterocycles. The summed E-state index contributed by atoms with van der Waals surface area (Å²) in [6, 6.07) is 1.58. The minimum Gasteiger partial charge on any atom is -0.480 e. The third kappa shape index (κ3) is 3.22. The Kier molecular flexibility index (Phi) is 4.73. The lowest BCUT2D eigenvalue weighted by atomic mass is 10.2. The third-order valence-corrected chi connectivity index (χ3v) is 4.96. The summed E-state index contributed by atoms with van der Waals surface area (Å²) in [7, 11) is 1.49. The predicted molar refractivity (Wildman–Crippen MR) is 84.4 cm³/mol. The molecule has 1 aromatic rings. The van der Waals surface area contributed by atoms with Gasteiger partial charge in [0, 0.05) is 37.7 Å². The second-order valence-corrected chi connectivity index (χ2v) is 6.54. The number of ether oxygens (including phenoxy) is 1. The first-order chi connectivity index (χ1) is 11.5. The number of carbonyl (C=O) groups excluding carboxylic acids is 2. The minimum absolute atomic E-state index is 0.0146. The predicted octanol–water partition coefficient (Wildman–Crippen LogP) is 1.09. The van der Waals surface area contributed by atoms with Crippen LogP contribution in [0.15, 0.2) is 6.07 Å². The van der Waals surface area contributed by atoms with Gasteiger partial charge in [-0.3, -0.25) is 19.1 Å². The Balaban J connectivity index is 1.64. The lowest BCUT2D eigenvalue weighted by molar-refractivity contribution is -0.132. The Morgan fingerprint density at radius 2 is 2.21 bits per heavy atom. The molecule has 1 unspecified atom stereocenters. The van der Waals surface area contributed by atoms with E-state index in [1.54, 1.807) is 15.9 Å². The molecule has 3 rings (SSSR count). The van der Waals surface area contributed by atoms with E-state index in [2.05, 4.69) is 10.2 Å². The van der Waals surface area contributed by atoms with E-state index in [-0.39, 0.29) is 29.7 Å². The number of rotatable bonds is 4. The molecule has 2 fully saturated rings. The summed E-state index contributed by atoms with van der Waals surface area (Å²) in [6.07, 6.45) is 1.35. The highest BCUT2D eigenvalue weighted by Gasteiger charge is 2.45. The van der Waals surface area contributed by atoms with Gasteiger partial charge in [0.1, 0.15) is 5.69 Å². The maximum atomic E-state index is 12.7. The van der Waals surface area contributed by atoms with Crippen molar-refractivity contribution < 1.29 is 18.7 Å². The van der Waals surface area contributed by atoms with Gasteiger partial charge < -0.3 is 14.5 Å². The molecular formula is C16H23FN4O3. The molecule has 0 aromatic carbocycles. The number of nitrogens with one attached hydrogen (secondary N) is 1. The fourth-order valence-electron chi connectivity index (χ4n) is 3.21. The van der Waals surface area contributed by atoms with Gasteiger partial charge in [-0.2, -0.15) is 0 Å². The Hall–Kier alpha value is -2.12. The van der Waals surface area contributed by atoms with Crippen molar-refractivity contribution in [2.24, 2.45) is 11.8 Å². The molecule has 0 radical (unpaired) electrons. The maximum Gasteiger partial charge on any atom is 0.272 e. The quantitative estimate of drug-likeness (QED) is 0.891. The van der Waals surface area contributed by atoms with Crippen molar-refractivity contribution in [1.29, 1.82) is 0 Å². The van der Waals surface area contributed by atoms with Gasteiger partial charge in [-0.15, -0.1) is 5.10 Å². The van der Waals surface area contributed by atoms with Crippen LogP contribution in [0.3, 0.4) is 0 Å². The molecule has 132 valence electrons. The van der Waals surface area contributed by atoms with Crippen LogP contribution >= 0.6 is 0 Å². The van der Waals surface area contributed by atoms with Crippen molar-refractivity contribution in [1.82, 2.24) is 20.0 Å². The topological polar surface area (TPSA) is 78.5 Å². The van der Waals surface area contributed by atoms with Crippen LogP contribution < -0.4 is 4.74 Å². The first-order valence-corrected chi connectivity index (χ1v) is 8.30. The van der Waals surface area contributed by atoms with Crippen LogP contribution in [-0.2, 0) is 4.79 Å². The number of halogens is 1. The average Bonchev–Trinajstić information content (AvgIpc) is 3.27. The molecule has 7 nitrogen and oxygen atoms in total. The van der Waals surface area contributed by atoms with E-state index in [0.29, 0.717) is 44.0 Å². The molecule has 0 bridgehead atoms. The molecular weight excluding hydrogens is 315 g/mol. The van der Waals surface area contributed by atoms with Crippen LogP contribution in [0, 0.1) is 11.8 Å². The van der Waals surface area contributed by atoms with Gasteiger partial charge in [0.2, 0.25) is 11.8 Å². The molecule has 0 spiro atoms. The van der Waals surface area contributed by atoms with Crippen LogP contribution in [0.5, 0.6) is 5.88 Å². The van der Waals surface area contributed by atoms with E-state index in [1.807, 2.05) is 6.92 Å². The molecule has 24 heavy (non-hydrogen) atoms. The van der Waals surface area contributed by atoms with Crippen LogP contribution in [-0.4, -0.2) is 71.3 Å². The summed E-state index contributed by atoms with van der Waals surface area (Å²) in [5.41, 5.74) is 0.373. The number of amides is 2. The zero-order chi connectivity index (χ0) is 17.3. The SMILES string of the molecule is COc1cc(C(=O)N2CCN(C(=O)[C@@H]3C[C@H]3CF)CCC2C)[nH]n1. The highest BCUT2D eigenvalue weighted by Crippen LogP contribution is 2.40. The largest absolute Gasteiger partial charge is 0.480 e. The summed E-state index contributed by atoms with van der Waals surface area (Å²) in [4.78, 5) is 28.6. The normalized spacial score (nSPS) is 26.9. The van der Waals surface area contributed by atoms with Gasteiger partial charge in [-0.1, -0.05) is 0 Å². The van der Waals surface area contributed by atoms with Gasteiger partial charge in [0.25, 0.3) is 5.91 Å². The summed E-state index contributed by atoms with van der Waals surface area (Å²) in [5, 5.41) is 6.58. The second kappa shape index (κ2) is 6.78. The standard InChI is InChI=1S/C16H23FN4O3/c1-10-3-4-20(15(22)12-7-11(12)9-17)5-6-21(10)16(23)13-8-14(24-2)19-18-13/h8,10-12H,3-7,9H2,1-2H3,(H,18,19)/t10?,11-,12+/m0/s1. The van der Waals surface area contributed by atoms with E-state index in [1.165, 1.54) is 7.11 Å². The molecule has 1 aliphatic carbocycles. The summed E-state index contributed by atoms with van der Waals surface area (Å²) < 4.78 is 17.6. The van der Waals surface area contributed by atoms with Crippen LogP contribution in [0.4, 0.5) is 4.39 Å². The molecule has 2 aliphatic rings. The fraction of sp³-hybridized carbons (Fsp3) is 0.688. The third-order valence-electron chi connectivity index (χ3n) is 4.96. The van der Waals surface area contributed by atoms with Gasteiger partial charge in [-0.05, 0) is 25.7 Å². The van der Waals surface area contributed by atoms with E-state index >= 15 is 0 Å². The Morgan fingerprint density at radius 1 is 1.42 bits per heavy atom. The van der Waals surface area contributed by atoms with Crippen LogP contribution in [0.1, 0.15) is 30.3 Å². The molecule has 1 saturated carbocycles. The molecule has 2 heterocycles. The first-order valence-electron chi connectivity index (χ1n) is 8.30. The maximum absolute atomic E-state index is 12.7. The summed E-state index contributed by atoms with van der Waals surface area (Å²) in [6.45, 7) is 3.09. The zero-order valence-electron chi connectivity index (χ0n) is 14.0. The zero-order valence-corrected chi connectivity index (χ0v) is 14.0. The van der Waals surface area contributed by atoms with Crippen molar-refractivity contribution in [2.75, 3.05) is 33.4 Å². The lowest BCUT2D eigenvalue weighted by Crippen LogP contribution is -2.41. The molecule has 8 heteroatoms. The molecule has 3 atom stereocenters. The van der Waals surface area contributed by atoms with Crippen molar-refractivity contribution in [3.8, 4) is 5.88 Å². The van der Waals surface area contributed by atoms with Gasteiger partial charge in [-0.25, -0.2) is 0 Å². The number of carbonyl (C=O) groups is 2. The van der Waals surface area contributed by atoms with Crippen LogP contribution in [0.2, 0.25) is 0 Å². The number of methoxy groups -OCH3 is 1. The van der Waals surface area contributed by atoms with E-state index in [9.17, 15) is 14.0 Å². The Morgan fingerprint density at radius 3 is 2.83 bits per heavy atom. The van der Waals surface area contributed by atoms with Crippen LogP contribution in [0.25, 0.3) is 0 Å². The minimum atomic E-state index is -0.424. The number of aromatic amines is 1. The van der Waals surface area contributed by atoms with Gasteiger partial charge in [0.05, 0.1) is 13.8 Å². The number of nitrogens with zero attached hydrogens (tertiary/aromatic N) is 3. The highest BCUT2D eigenvalue weighted by molar-refractivity contribution is 5.93. The second-order valence-electron chi connectivity index (χ2n) is 6.54. The van der Waals surface area contributed by atoms with Gasteiger partial charge >= 0.3 is 0 Å². The lowest BCUT2D eigenvalue weighted by Gasteiger charge is -2.26. The first kappa shape index (κ1) is 16.7. The van der Waals surface area contributed by atoms with Crippen molar-refractivity contribution in [2.45, 2.75) is 25.8 Å². The molecule has 1 saturated heterocycles. The van der Waals surface area contributed by atoms with Crippen molar-refractivity contribution in [3.05, 3.63) is 11.8 Å². The number of hydrogen-bond donors (Lipinski definition) is 1. The Labute approximate surface area is 140 Å². The molecule has 1 aliphatic heterocycles. The molecule has 1 N–H and O–H groups in total. The van der Waals surface area contributed by atoms with Crippen molar-refractivity contribution >= 4 is 11.8 Å². The number of aromatic nitrogens is 2. The van der Waals surface area contributed by atoms with Crippen molar-refractivity contribution in [3.63, 3.8) is 0 Å². The summed E-state index contributed by atoms with van der Waals surface area (Å²) >= 11 is 0. The smallest absolute Gasteiger partial charge is 0.272 e. The summed E-state index contributed by atoms with van der Waals surface area (Å²) in [5.74, 6) is -0.0237. The Bertz CT molecular complexity index is 620. The van der Waals surface area contributed by atoms with E-state index in [4.69, 9.17) is 4.74 Å². The average molecular weight is 338 g/mol. The monoisotopic (exact) mass is 338 g/mol. The van der Waals surface area contributed by atoms with E-state index < -0.39 is 6.67 Å².